The second-order valence-corrected chi connectivity index (χ2v) is 3.15. The molecule has 1 aromatic heterocycles. The zero-order valence-corrected chi connectivity index (χ0v) is 8.14. The third-order valence-corrected chi connectivity index (χ3v) is 2.17. The number of nitriles is 1. The molecule has 0 aliphatic carbocycles. The van der Waals surface area contributed by atoms with Crippen molar-refractivity contribution in [3.63, 3.8) is 0 Å². The first kappa shape index (κ1) is 9.93. The number of rotatable bonds is 2. The summed E-state index contributed by atoms with van der Waals surface area (Å²) in [5, 5.41) is 23.9. The number of benzene rings is 1. The lowest BCUT2D eigenvalue weighted by Gasteiger charge is -1.99. The molecular formula is C11H7N3O2. The van der Waals surface area contributed by atoms with Crippen molar-refractivity contribution in [3.05, 3.63) is 41.6 Å². The first-order valence-corrected chi connectivity index (χ1v) is 4.49. The smallest absolute Gasteiger partial charge is 0.339 e. The van der Waals surface area contributed by atoms with Crippen LogP contribution in [0.15, 0.2) is 30.5 Å². The van der Waals surface area contributed by atoms with E-state index in [-0.39, 0.29) is 5.56 Å². The first-order chi connectivity index (χ1) is 7.72. The van der Waals surface area contributed by atoms with Gasteiger partial charge in [0.2, 0.25) is 0 Å². The molecule has 1 aromatic carbocycles. The second-order valence-electron chi connectivity index (χ2n) is 3.15. The molecule has 0 amide bonds. The highest BCUT2D eigenvalue weighted by Crippen LogP contribution is 2.21. The normalized spacial score (nSPS) is 9.69. The highest BCUT2D eigenvalue weighted by atomic mass is 16.4. The van der Waals surface area contributed by atoms with Gasteiger partial charge in [0.1, 0.15) is 5.56 Å². The Labute approximate surface area is 91.0 Å². The van der Waals surface area contributed by atoms with Crippen LogP contribution < -0.4 is 0 Å². The van der Waals surface area contributed by atoms with Gasteiger partial charge in [0, 0.05) is 5.56 Å². The van der Waals surface area contributed by atoms with Crippen LogP contribution >= 0.6 is 0 Å². The molecule has 0 radical (unpaired) electrons. The van der Waals surface area contributed by atoms with Crippen LogP contribution in [0.4, 0.5) is 0 Å². The molecule has 0 saturated carbocycles. The molecule has 2 rings (SSSR count). The number of hydrogen-bond acceptors (Lipinski definition) is 3. The quantitative estimate of drug-likeness (QED) is 0.793. The number of carboxylic acid groups (broad SMARTS) is 1. The topological polar surface area (TPSA) is 89.8 Å². The van der Waals surface area contributed by atoms with E-state index in [9.17, 15) is 4.79 Å². The number of aromatic carboxylic acids is 1. The Kier molecular flexibility index (Phi) is 2.40. The van der Waals surface area contributed by atoms with Crippen LogP contribution in [0.2, 0.25) is 0 Å². The lowest BCUT2D eigenvalue weighted by atomic mass is 10.1. The predicted molar refractivity (Wildman–Crippen MR) is 55.7 cm³/mol. The molecule has 2 aromatic rings. The molecule has 5 nitrogen and oxygen atoms in total. The molecule has 2 N–H and O–H groups in total. The van der Waals surface area contributed by atoms with Gasteiger partial charge in [0.15, 0.2) is 0 Å². The number of carboxylic acids is 1. The Morgan fingerprint density at radius 3 is 2.62 bits per heavy atom. The van der Waals surface area contributed by atoms with Gasteiger partial charge in [-0.25, -0.2) is 4.79 Å². The average molecular weight is 213 g/mol. The van der Waals surface area contributed by atoms with Crippen molar-refractivity contribution in [2.24, 2.45) is 0 Å². The molecule has 5 heteroatoms. The molecular weight excluding hydrogens is 206 g/mol. The number of nitrogens with one attached hydrogen (secondary N) is 1. The zero-order valence-electron chi connectivity index (χ0n) is 8.14. The summed E-state index contributed by atoms with van der Waals surface area (Å²) in [4.78, 5) is 10.9. The van der Waals surface area contributed by atoms with Crippen LogP contribution in [0.1, 0.15) is 15.9 Å². The van der Waals surface area contributed by atoms with E-state index in [2.05, 4.69) is 10.2 Å². The van der Waals surface area contributed by atoms with Crippen molar-refractivity contribution in [2.45, 2.75) is 0 Å². The van der Waals surface area contributed by atoms with Crippen LogP contribution in [0.3, 0.4) is 0 Å². The van der Waals surface area contributed by atoms with Crippen molar-refractivity contribution in [1.82, 2.24) is 10.2 Å². The first-order valence-electron chi connectivity index (χ1n) is 4.49. The molecule has 0 fully saturated rings. The Bertz CT molecular complexity index is 564. The monoisotopic (exact) mass is 213 g/mol. The Morgan fingerprint density at radius 1 is 1.38 bits per heavy atom. The summed E-state index contributed by atoms with van der Waals surface area (Å²) >= 11 is 0. The number of H-pyrrole nitrogens is 1. The van der Waals surface area contributed by atoms with E-state index in [1.807, 2.05) is 6.07 Å². The van der Waals surface area contributed by atoms with Gasteiger partial charge in [-0.3, -0.25) is 5.10 Å². The summed E-state index contributed by atoms with van der Waals surface area (Å²) in [6, 6.07) is 8.61. The summed E-state index contributed by atoms with van der Waals surface area (Å²) in [7, 11) is 0. The van der Waals surface area contributed by atoms with E-state index in [0.717, 1.165) is 0 Å². The van der Waals surface area contributed by atoms with Crippen LogP contribution in [0, 0.1) is 11.3 Å². The molecule has 16 heavy (non-hydrogen) atoms. The summed E-state index contributed by atoms with van der Waals surface area (Å²) in [6.07, 6.45) is 1.26. The van der Waals surface area contributed by atoms with Crippen molar-refractivity contribution in [3.8, 4) is 17.3 Å². The fourth-order valence-corrected chi connectivity index (χ4v) is 1.38. The lowest BCUT2D eigenvalue weighted by molar-refractivity contribution is 0.0698. The van der Waals surface area contributed by atoms with Gasteiger partial charge in [-0.2, -0.15) is 10.4 Å². The molecule has 0 aliphatic rings. The van der Waals surface area contributed by atoms with Crippen LogP contribution in [0.5, 0.6) is 0 Å². The number of aromatic amines is 1. The maximum Gasteiger partial charge on any atom is 0.339 e. The number of carbonyl (C=O) groups is 1. The van der Waals surface area contributed by atoms with Gasteiger partial charge in [0.05, 0.1) is 23.5 Å². The van der Waals surface area contributed by atoms with E-state index < -0.39 is 5.97 Å². The van der Waals surface area contributed by atoms with Crippen LogP contribution in [0.25, 0.3) is 11.3 Å². The predicted octanol–water partition coefficient (Wildman–Crippen LogP) is 1.65. The van der Waals surface area contributed by atoms with Crippen molar-refractivity contribution < 1.29 is 9.90 Å². The molecule has 1 heterocycles. The highest BCUT2D eigenvalue weighted by molar-refractivity contribution is 5.94. The molecule has 0 aliphatic heterocycles. The molecule has 0 bridgehead atoms. The van der Waals surface area contributed by atoms with Gasteiger partial charge in [-0.15, -0.1) is 0 Å². The van der Waals surface area contributed by atoms with Gasteiger partial charge < -0.3 is 5.11 Å². The fraction of sp³-hybridized carbons (Fsp3) is 0. The molecule has 78 valence electrons. The minimum Gasteiger partial charge on any atom is -0.478 e. The molecule has 0 saturated heterocycles. The van der Waals surface area contributed by atoms with E-state index >= 15 is 0 Å². The summed E-state index contributed by atoms with van der Waals surface area (Å²) < 4.78 is 0. The third kappa shape index (κ3) is 1.64. The van der Waals surface area contributed by atoms with E-state index in [1.54, 1.807) is 24.3 Å². The summed E-state index contributed by atoms with van der Waals surface area (Å²) in [5.41, 5.74) is 1.77. The Hall–Kier alpha value is -2.61. The van der Waals surface area contributed by atoms with Gasteiger partial charge >= 0.3 is 5.97 Å². The van der Waals surface area contributed by atoms with Crippen LogP contribution in [-0.2, 0) is 0 Å². The maximum absolute atomic E-state index is 10.9. The standard InChI is InChI=1S/C11H7N3O2/c12-5-7-1-3-8(4-2-7)10-9(11(15)16)6-13-14-10/h1-4,6H,(H,13,14)(H,15,16). The van der Waals surface area contributed by atoms with Crippen molar-refractivity contribution in [1.29, 1.82) is 5.26 Å². The fourth-order valence-electron chi connectivity index (χ4n) is 1.38. The Morgan fingerprint density at radius 2 is 2.06 bits per heavy atom. The third-order valence-electron chi connectivity index (χ3n) is 2.17. The zero-order chi connectivity index (χ0) is 11.5. The van der Waals surface area contributed by atoms with Gasteiger partial charge in [-0.1, -0.05) is 12.1 Å². The maximum atomic E-state index is 10.9. The minimum atomic E-state index is -1.03. The SMILES string of the molecule is N#Cc1ccc(-c2[nH]ncc2C(=O)O)cc1. The molecule has 0 spiro atoms. The van der Waals surface area contributed by atoms with Gasteiger partial charge in [-0.05, 0) is 12.1 Å². The Balaban J connectivity index is 2.47. The highest BCUT2D eigenvalue weighted by Gasteiger charge is 2.13. The number of aromatic nitrogens is 2. The molecule has 0 atom stereocenters. The number of nitrogens with zero attached hydrogens (tertiary/aromatic N) is 2. The lowest BCUT2D eigenvalue weighted by Crippen LogP contribution is -1.96. The largest absolute Gasteiger partial charge is 0.478 e. The van der Waals surface area contributed by atoms with E-state index in [0.29, 0.717) is 16.8 Å². The second kappa shape index (κ2) is 3.87. The van der Waals surface area contributed by atoms with E-state index in [4.69, 9.17) is 10.4 Å². The van der Waals surface area contributed by atoms with Crippen molar-refractivity contribution in [2.75, 3.05) is 0 Å². The summed E-state index contributed by atoms with van der Waals surface area (Å²) in [5.74, 6) is -1.03. The van der Waals surface area contributed by atoms with Crippen molar-refractivity contribution >= 4 is 5.97 Å². The molecule has 0 unspecified atom stereocenters. The van der Waals surface area contributed by atoms with E-state index in [1.165, 1.54) is 6.20 Å². The number of hydrogen-bond donors (Lipinski definition) is 2. The average Bonchev–Trinajstić information content (AvgIpc) is 2.78. The van der Waals surface area contributed by atoms with Gasteiger partial charge in [0.25, 0.3) is 0 Å². The minimum absolute atomic E-state index is 0.115. The van der Waals surface area contributed by atoms with Crippen LogP contribution in [-0.4, -0.2) is 21.3 Å². The summed E-state index contributed by atoms with van der Waals surface area (Å²) in [6.45, 7) is 0.